The first-order valence-corrected chi connectivity index (χ1v) is 9.11. The maximum absolute atomic E-state index is 12.9. The molecule has 1 aromatic rings. The Bertz CT molecular complexity index is 466. The van der Waals surface area contributed by atoms with Gasteiger partial charge in [-0.2, -0.15) is 0 Å². The van der Waals surface area contributed by atoms with E-state index in [4.69, 9.17) is 17.3 Å². The maximum Gasteiger partial charge on any atom is 0.0564 e. The Labute approximate surface area is 129 Å². The van der Waals surface area contributed by atoms with E-state index in [2.05, 4.69) is 6.92 Å². The summed E-state index contributed by atoms with van der Waals surface area (Å²) < 4.78 is 12.9. The lowest BCUT2D eigenvalue weighted by Gasteiger charge is -2.35. The van der Waals surface area contributed by atoms with Crippen molar-refractivity contribution in [2.24, 2.45) is 17.6 Å². The van der Waals surface area contributed by atoms with Gasteiger partial charge in [-0.25, -0.2) is 0 Å². The molecule has 2 N–H and O–H groups in total. The highest BCUT2D eigenvalue weighted by Gasteiger charge is 2.33. The van der Waals surface area contributed by atoms with Gasteiger partial charge in [0, 0.05) is 15.2 Å². The van der Waals surface area contributed by atoms with Crippen molar-refractivity contribution in [2.75, 3.05) is 6.54 Å². The number of rotatable bonds is 5. The first-order chi connectivity index (χ1) is 9.65. The van der Waals surface area contributed by atoms with Crippen molar-refractivity contribution >= 4 is 22.4 Å². The van der Waals surface area contributed by atoms with Crippen molar-refractivity contribution < 1.29 is 4.21 Å². The molecule has 20 heavy (non-hydrogen) atoms. The van der Waals surface area contributed by atoms with Gasteiger partial charge >= 0.3 is 0 Å². The van der Waals surface area contributed by atoms with E-state index in [1.54, 1.807) is 0 Å². The van der Waals surface area contributed by atoms with E-state index in [-0.39, 0.29) is 5.25 Å². The quantitative estimate of drug-likeness (QED) is 0.893. The Morgan fingerprint density at radius 1 is 1.40 bits per heavy atom. The normalized spacial score (nSPS) is 28.2. The van der Waals surface area contributed by atoms with Crippen LogP contribution < -0.4 is 5.73 Å². The second-order valence-corrected chi connectivity index (χ2v) is 7.86. The molecule has 4 unspecified atom stereocenters. The average molecular weight is 314 g/mol. The summed E-state index contributed by atoms with van der Waals surface area (Å²) in [6.45, 7) is 2.85. The van der Waals surface area contributed by atoms with E-state index in [9.17, 15) is 4.21 Å². The molecule has 2 nitrogen and oxygen atoms in total. The molecule has 4 atom stereocenters. The molecule has 0 heterocycles. The first kappa shape index (κ1) is 16.0. The molecule has 0 bridgehead atoms. The van der Waals surface area contributed by atoms with Gasteiger partial charge in [0.15, 0.2) is 0 Å². The zero-order valence-corrected chi connectivity index (χ0v) is 13.6. The molecule has 0 saturated heterocycles. The molecule has 1 saturated carbocycles. The topological polar surface area (TPSA) is 43.1 Å². The summed E-state index contributed by atoms with van der Waals surface area (Å²) in [6, 6.07) is 7.44. The van der Waals surface area contributed by atoms with E-state index in [0.29, 0.717) is 23.4 Å². The molecule has 1 aliphatic rings. The van der Waals surface area contributed by atoms with Crippen LogP contribution in [0.3, 0.4) is 0 Å². The second-order valence-electron chi connectivity index (χ2n) is 5.76. The van der Waals surface area contributed by atoms with Crippen LogP contribution in [0.1, 0.15) is 39.0 Å². The molecular formula is C16H24ClNOS. The van der Waals surface area contributed by atoms with E-state index in [1.165, 1.54) is 19.3 Å². The molecular weight excluding hydrogens is 290 g/mol. The fourth-order valence-corrected chi connectivity index (χ4v) is 5.35. The number of hydrogen-bond acceptors (Lipinski definition) is 2. The predicted octanol–water partition coefficient (Wildman–Crippen LogP) is 3.99. The van der Waals surface area contributed by atoms with Gasteiger partial charge in [0.2, 0.25) is 0 Å². The highest BCUT2D eigenvalue weighted by Crippen LogP contribution is 2.36. The average Bonchev–Trinajstić information content (AvgIpc) is 2.47. The molecule has 1 aromatic carbocycles. The highest BCUT2D eigenvalue weighted by molar-refractivity contribution is 7.85. The van der Waals surface area contributed by atoms with Crippen molar-refractivity contribution in [1.82, 2.24) is 0 Å². The smallest absolute Gasteiger partial charge is 0.0564 e. The van der Waals surface area contributed by atoms with Gasteiger partial charge in [0.05, 0.1) is 10.8 Å². The summed E-state index contributed by atoms with van der Waals surface area (Å²) in [4.78, 5) is 0.845. The highest BCUT2D eigenvalue weighted by atomic mass is 35.5. The van der Waals surface area contributed by atoms with E-state index < -0.39 is 10.8 Å². The Hall–Kier alpha value is -0.380. The third-order valence-electron chi connectivity index (χ3n) is 4.34. The van der Waals surface area contributed by atoms with Gasteiger partial charge in [-0.15, -0.1) is 0 Å². The van der Waals surface area contributed by atoms with Gasteiger partial charge in [-0.1, -0.05) is 43.9 Å². The molecule has 0 aromatic heterocycles. The second kappa shape index (κ2) is 7.58. The molecule has 0 amide bonds. The van der Waals surface area contributed by atoms with Crippen molar-refractivity contribution in [3.05, 3.63) is 29.3 Å². The van der Waals surface area contributed by atoms with Crippen molar-refractivity contribution in [1.29, 1.82) is 0 Å². The fraction of sp³-hybridized carbons (Fsp3) is 0.625. The SMILES string of the molecule is CCCC1CCC(CN)C(S(=O)c2cccc(Cl)c2)C1. The predicted molar refractivity (Wildman–Crippen MR) is 86.4 cm³/mol. The zero-order chi connectivity index (χ0) is 14.5. The minimum atomic E-state index is -0.999. The summed E-state index contributed by atoms with van der Waals surface area (Å²) in [5.74, 6) is 1.08. The van der Waals surface area contributed by atoms with Crippen molar-refractivity contribution in [2.45, 2.75) is 49.2 Å². The van der Waals surface area contributed by atoms with Gasteiger partial charge < -0.3 is 5.73 Å². The van der Waals surface area contributed by atoms with Crippen LogP contribution in [0.25, 0.3) is 0 Å². The fourth-order valence-electron chi connectivity index (χ4n) is 3.24. The van der Waals surface area contributed by atoms with Crippen LogP contribution in [0.2, 0.25) is 5.02 Å². The number of halogens is 1. The molecule has 112 valence electrons. The van der Waals surface area contributed by atoms with Gasteiger partial charge in [0.1, 0.15) is 0 Å². The molecule has 2 rings (SSSR count). The Kier molecular flexibility index (Phi) is 6.06. The third-order valence-corrected chi connectivity index (χ3v) is 6.42. The van der Waals surface area contributed by atoms with Crippen LogP contribution in [-0.2, 0) is 10.8 Å². The van der Waals surface area contributed by atoms with E-state index >= 15 is 0 Å². The van der Waals surface area contributed by atoms with Crippen molar-refractivity contribution in [3.8, 4) is 0 Å². The summed E-state index contributed by atoms with van der Waals surface area (Å²) >= 11 is 6.02. The van der Waals surface area contributed by atoms with Gasteiger partial charge in [-0.3, -0.25) is 4.21 Å². The number of benzene rings is 1. The first-order valence-electron chi connectivity index (χ1n) is 7.52. The maximum atomic E-state index is 12.9. The molecule has 1 aliphatic carbocycles. The van der Waals surface area contributed by atoms with Crippen LogP contribution in [0.5, 0.6) is 0 Å². The Balaban J connectivity index is 2.15. The summed E-state index contributed by atoms with van der Waals surface area (Å²) in [7, 11) is -0.999. The summed E-state index contributed by atoms with van der Waals surface area (Å²) in [5.41, 5.74) is 5.90. The minimum absolute atomic E-state index is 0.184. The Morgan fingerprint density at radius 2 is 2.20 bits per heavy atom. The lowest BCUT2D eigenvalue weighted by atomic mass is 9.80. The molecule has 0 radical (unpaired) electrons. The monoisotopic (exact) mass is 313 g/mol. The minimum Gasteiger partial charge on any atom is -0.330 e. The van der Waals surface area contributed by atoms with Crippen LogP contribution in [-0.4, -0.2) is 16.0 Å². The van der Waals surface area contributed by atoms with Crippen LogP contribution >= 0.6 is 11.6 Å². The Morgan fingerprint density at radius 3 is 2.85 bits per heavy atom. The zero-order valence-electron chi connectivity index (χ0n) is 12.1. The van der Waals surface area contributed by atoms with Gasteiger partial charge in [0.25, 0.3) is 0 Å². The van der Waals surface area contributed by atoms with Crippen LogP contribution in [0.4, 0.5) is 0 Å². The standard InChI is InChI=1S/C16H24ClNOS/c1-2-4-12-7-8-13(11-18)16(9-12)20(19)15-6-3-5-14(17)10-15/h3,5-6,10,12-13,16H,2,4,7-9,11,18H2,1H3. The number of nitrogens with two attached hydrogens (primary N) is 1. The van der Waals surface area contributed by atoms with E-state index in [1.807, 2.05) is 24.3 Å². The largest absolute Gasteiger partial charge is 0.330 e. The molecule has 0 spiro atoms. The lowest BCUT2D eigenvalue weighted by molar-refractivity contribution is 0.272. The molecule has 0 aliphatic heterocycles. The van der Waals surface area contributed by atoms with Crippen LogP contribution in [0.15, 0.2) is 29.2 Å². The summed E-state index contributed by atoms with van der Waals surface area (Å²) in [6.07, 6.45) is 5.82. The third kappa shape index (κ3) is 3.84. The van der Waals surface area contributed by atoms with Crippen molar-refractivity contribution in [3.63, 3.8) is 0 Å². The number of hydrogen-bond donors (Lipinski definition) is 1. The van der Waals surface area contributed by atoms with Gasteiger partial charge in [-0.05, 0) is 49.4 Å². The molecule has 1 fully saturated rings. The van der Waals surface area contributed by atoms with Crippen LogP contribution in [0, 0.1) is 11.8 Å². The van der Waals surface area contributed by atoms with E-state index in [0.717, 1.165) is 17.7 Å². The lowest BCUT2D eigenvalue weighted by Crippen LogP contribution is -2.37. The summed E-state index contributed by atoms with van der Waals surface area (Å²) in [5, 5.41) is 0.838. The molecule has 4 heteroatoms.